The molecule has 1 fully saturated rings. The molecular weight excluding hydrogens is 316 g/mol. The van der Waals surface area contributed by atoms with Crippen LogP contribution in [0, 0.1) is 5.92 Å². The van der Waals surface area contributed by atoms with E-state index in [4.69, 9.17) is 9.47 Å². The summed E-state index contributed by atoms with van der Waals surface area (Å²) in [6.45, 7) is 8.91. The summed E-state index contributed by atoms with van der Waals surface area (Å²) in [5, 5.41) is 0. The largest absolute Gasteiger partial charge is 0.486 e. The minimum absolute atomic E-state index is 0.0735. The van der Waals surface area contributed by atoms with E-state index < -0.39 is 10.0 Å². The Kier molecular flexibility index (Phi) is 4.53. The van der Waals surface area contributed by atoms with Crippen molar-refractivity contribution in [2.45, 2.75) is 37.8 Å². The second kappa shape index (κ2) is 6.30. The third-order valence-electron chi connectivity index (χ3n) is 4.50. The summed E-state index contributed by atoms with van der Waals surface area (Å²) in [6, 6.07) is 5.10. The van der Waals surface area contributed by atoms with Gasteiger partial charge in [-0.05, 0) is 31.9 Å². The maximum Gasteiger partial charge on any atom is 0.241 e. The fourth-order valence-electron chi connectivity index (χ4n) is 3.04. The van der Waals surface area contributed by atoms with E-state index in [1.165, 1.54) is 6.07 Å². The van der Waals surface area contributed by atoms with E-state index in [0.717, 1.165) is 13.1 Å². The molecule has 1 aromatic carbocycles. The molecule has 2 aliphatic rings. The zero-order chi connectivity index (χ0) is 16.6. The molecule has 6 nitrogen and oxygen atoms in total. The van der Waals surface area contributed by atoms with Crippen LogP contribution in [0.2, 0.25) is 0 Å². The topological polar surface area (TPSA) is 67.9 Å². The van der Waals surface area contributed by atoms with Gasteiger partial charge in [0.25, 0.3) is 0 Å². The molecule has 0 bridgehead atoms. The van der Waals surface area contributed by atoms with Crippen LogP contribution in [0.1, 0.15) is 20.8 Å². The zero-order valence-corrected chi connectivity index (χ0v) is 14.6. The molecule has 0 aliphatic carbocycles. The third kappa shape index (κ3) is 3.46. The summed E-state index contributed by atoms with van der Waals surface area (Å²) < 4.78 is 39.1. The molecular formula is C16H24N2O4S. The smallest absolute Gasteiger partial charge is 0.241 e. The lowest BCUT2D eigenvalue weighted by Gasteiger charge is -2.21. The van der Waals surface area contributed by atoms with Gasteiger partial charge in [0.2, 0.25) is 10.0 Å². The van der Waals surface area contributed by atoms with Crippen molar-refractivity contribution in [3.63, 3.8) is 0 Å². The Hall–Kier alpha value is -1.31. The first-order valence-corrected chi connectivity index (χ1v) is 9.51. The number of hydrogen-bond acceptors (Lipinski definition) is 5. The predicted molar refractivity (Wildman–Crippen MR) is 87.4 cm³/mol. The molecule has 23 heavy (non-hydrogen) atoms. The summed E-state index contributed by atoms with van der Waals surface area (Å²) in [5.41, 5.74) is 0. The number of hydrogen-bond donors (Lipinski definition) is 1. The molecule has 0 radical (unpaired) electrons. The summed E-state index contributed by atoms with van der Waals surface area (Å²) in [6.07, 6.45) is 0. The average Bonchev–Trinajstić information content (AvgIpc) is 2.87. The van der Waals surface area contributed by atoms with Gasteiger partial charge in [-0.15, -0.1) is 0 Å². The maximum absolute atomic E-state index is 12.7. The minimum Gasteiger partial charge on any atom is -0.486 e. The molecule has 1 N–H and O–H groups in total. The summed E-state index contributed by atoms with van der Waals surface area (Å²) in [4.78, 5) is 2.51. The van der Waals surface area contributed by atoms with Gasteiger partial charge in [-0.1, -0.05) is 6.92 Å². The van der Waals surface area contributed by atoms with E-state index >= 15 is 0 Å². The fourth-order valence-corrected chi connectivity index (χ4v) is 4.39. The molecule has 1 aromatic rings. The van der Waals surface area contributed by atoms with E-state index in [1.807, 2.05) is 0 Å². The van der Waals surface area contributed by atoms with Crippen LogP contribution in [-0.2, 0) is 10.0 Å². The van der Waals surface area contributed by atoms with Gasteiger partial charge < -0.3 is 9.47 Å². The highest BCUT2D eigenvalue weighted by molar-refractivity contribution is 7.89. The fraction of sp³-hybridized carbons (Fsp3) is 0.625. The molecule has 128 valence electrons. The van der Waals surface area contributed by atoms with Crippen LogP contribution in [0.25, 0.3) is 0 Å². The van der Waals surface area contributed by atoms with Crippen molar-refractivity contribution in [1.29, 1.82) is 0 Å². The Balaban J connectivity index is 1.77. The Morgan fingerprint density at radius 1 is 1.17 bits per heavy atom. The van der Waals surface area contributed by atoms with Gasteiger partial charge in [-0.2, -0.15) is 0 Å². The van der Waals surface area contributed by atoms with Crippen LogP contribution in [0.5, 0.6) is 11.5 Å². The quantitative estimate of drug-likeness (QED) is 0.899. The van der Waals surface area contributed by atoms with Crippen LogP contribution in [0.15, 0.2) is 23.1 Å². The summed E-state index contributed by atoms with van der Waals surface area (Å²) in [5.74, 6) is 1.36. The predicted octanol–water partition coefficient (Wildman–Crippen LogP) is 1.46. The van der Waals surface area contributed by atoms with Gasteiger partial charge in [0.1, 0.15) is 13.2 Å². The van der Waals surface area contributed by atoms with Gasteiger partial charge in [-0.3, -0.25) is 4.90 Å². The molecule has 2 atom stereocenters. The molecule has 0 unspecified atom stereocenters. The van der Waals surface area contributed by atoms with Gasteiger partial charge in [-0.25, -0.2) is 13.1 Å². The molecule has 3 rings (SSSR count). The van der Waals surface area contributed by atoms with Crippen molar-refractivity contribution in [3.8, 4) is 11.5 Å². The average molecular weight is 340 g/mol. The number of likely N-dealkylation sites (tertiary alicyclic amines) is 1. The van der Waals surface area contributed by atoms with Crippen LogP contribution >= 0.6 is 0 Å². The first-order chi connectivity index (χ1) is 10.9. The molecule has 7 heteroatoms. The van der Waals surface area contributed by atoms with E-state index in [1.54, 1.807) is 12.1 Å². The number of nitrogens with zero attached hydrogens (tertiary/aromatic N) is 1. The lowest BCUT2D eigenvalue weighted by Crippen LogP contribution is -2.40. The van der Waals surface area contributed by atoms with Gasteiger partial charge in [0.05, 0.1) is 4.90 Å². The monoisotopic (exact) mass is 340 g/mol. The van der Waals surface area contributed by atoms with E-state index in [-0.39, 0.29) is 16.9 Å². The molecule has 2 aliphatic heterocycles. The Labute approximate surface area is 137 Å². The minimum atomic E-state index is -3.57. The van der Waals surface area contributed by atoms with E-state index in [0.29, 0.717) is 30.8 Å². The Bertz CT molecular complexity index is 675. The molecule has 0 amide bonds. The van der Waals surface area contributed by atoms with Crippen LogP contribution in [0.4, 0.5) is 0 Å². The molecule has 1 saturated heterocycles. The van der Waals surface area contributed by atoms with E-state index in [2.05, 4.69) is 30.4 Å². The molecule has 0 saturated carbocycles. The first-order valence-electron chi connectivity index (χ1n) is 8.03. The van der Waals surface area contributed by atoms with Crippen molar-refractivity contribution >= 4 is 10.0 Å². The van der Waals surface area contributed by atoms with Gasteiger partial charge in [0, 0.05) is 31.2 Å². The highest BCUT2D eigenvalue weighted by Crippen LogP contribution is 2.32. The van der Waals surface area contributed by atoms with Gasteiger partial charge in [0.15, 0.2) is 11.5 Å². The number of rotatable bonds is 4. The molecule has 2 heterocycles. The van der Waals surface area contributed by atoms with Crippen molar-refractivity contribution in [3.05, 3.63) is 18.2 Å². The van der Waals surface area contributed by atoms with Crippen molar-refractivity contribution in [2.75, 3.05) is 26.3 Å². The second-order valence-electron chi connectivity index (χ2n) is 6.56. The third-order valence-corrected chi connectivity index (χ3v) is 5.99. The normalized spacial score (nSPS) is 25.0. The SMILES string of the molecule is CC(C)N1C[C@H](C)[C@H](NS(=O)(=O)c2ccc3c(c2)OCCO3)C1. The van der Waals surface area contributed by atoms with Crippen LogP contribution in [-0.4, -0.2) is 51.7 Å². The summed E-state index contributed by atoms with van der Waals surface area (Å²) in [7, 11) is -3.57. The molecule has 0 aromatic heterocycles. The Morgan fingerprint density at radius 3 is 2.52 bits per heavy atom. The van der Waals surface area contributed by atoms with Crippen molar-refractivity contribution < 1.29 is 17.9 Å². The summed E-state index contributed by atoms with van der Waals surface area (Å²) >= 11 is 0. The molecule has 0 spiro atoms. The standard InChI is InChI=1S/C16H24N2O4S/c1-11(2)18-9-12(3)14(10-18)17-23(19,20)13-4-5-15-16(8-13)22-7-6-21-15/h4-5,8,11-12,14,17H,6-7,9-10H2,1-3H3/t12-,14+/m0/s1. The number of benzene rings is 1. The highest BCUT2D eigenvalue weighted by atomic mass is 32.2. The number of fused-ring (bicyclic) bond motifs is 1. The number of ether oxygens (including phenoxy) is 2. The first kappa shape index (κ1) is 16.5. The highest BCUT2D eigenvalue weighted by Gasteiger charge is 2.34. The number of sulfonamides is 1. The van der Waals surface area contributed by atoms with E-state index in [9.17, 15) is 8.42 Å². The van der Waals surface area contributed by atoms with Crippen LogP contribution < -0.4 is 14.2 Å². The van der Waals surface area contributed by atoms with Crippen molar-refractivity contribution in [1.82, 2.24) is 9.62 Å². The lowest BCUT2D eigenvalue weighted by molar-refractivity contribution is 0.171. The Morgan fingerprint density at radius 2 is 1.87 bits per heavy atom. The van der Waals surface area contributed by atoms with Crippen LogP contribution in [0.3, 0.4) is 0 Å². The zero-order valence-electron chi connectivity index (χ0n) is 13.8. The van der Waals surface area contributed by atoms with Crippen molar-refractivity contribution in [2.24, 2.45) is 5.92 Å². The lowest BCUT2D eigenvalue weighted by atomic mass is 10.1. The second-order valence-corrected chi connectivity index (χ2v) is 8.27. The maximum atomic E-state index is 12.7. The number of nitrogens with one attached hydrogen (secondary N) is 1. The van der Waals surface area contributed by atoms with Gasteiger partial charge >= 0.3 is 0 Å².